The molecule has 2 saturated heterocycles. The van der Waals surface area contributed by atoms with Gasteiger partial charge in [0.1, 0.15) is 4.70 Å². The number of carbonyl (C=O) groups is 2. The Balaban J connectivity index is 1.40. The molecule has 11 heteroatoms. The lowest BCUT2D eigenvalue weighted by Crippen LogP contribution is -2.54. The van der Waals surface area contributed by atoms with Crippen molar-refractivity contribution in [1.82, 2.24) is 25.0 Å². The Morgan fingerprint density at radius 1 is 1.06 bits per heavy atom. The Labute approximate surface area is 214 Å². The number of benzene rings is 1. The van der Waals surface area contributed by atoms with Gasteiger partial charge in [-0.15, -0.1) is 0 Å². The molecule has 1 aromatic carbocycles. The number of aromatic nitrogens is 3. The molecule has 0 spiro atoms. The van der Waals surface area contributed by atoms with Crippen LogP contribution in [0.15, 0.2) is 24.3 Å². The second kappa shape index (κ2) is 9.89. The van der Waals surface area contributed by atoms with E-state index in [1.54, 1.807) is 16.8 Å². The molecule has 3 aromatic rings. The van der Waals surface area contributed by atoms with Gasteiger partial charge in [0, 0.05) is 18.7 Å². The molecule has 0 unspecified atom stereocenters. The van der Waals surface area contributed by atoms with Crippen LogP contribution in [0.25, 0.3) is 10.3 Å². The van der Waals surface area contributed by atoms with Gasteiger partial charge < -0.3 is 14.8 Å². The summed E-state index contributed by atoms with van der Waals surface area (Å²) in [6, 6.07) is 7.31. The van der Waals surface area contributed by atoms with Crippen molar-refractivity contribution in [2.45, 2.75) is 45.3 Å². The minimum Gasteiger partial charge on any atom is -0.379 e. The van der Waals surface area contributed by atoms with Crippen LogP contribution in [0.3, 0.4) is 0 Å². The van der Waals surface area contributed by atoms with E-state index in [0.717, 1.165) is 18.7 Å². The molecule has 2 fully saturated rings. The lowest BCUT2D eigenvalue weighted by molar-refractivity contribution is 0.0108. The average molecular weight is 513 g/mol. The first-order valence-electron chi connectivity index (χ1n) is 12.2. The van der Waals surface area contributed by atoms with Gasteiger partial charge in [-0.25, -0.2) is 4.68 Å². The molecule has 0 aliphatic carbocycles. The van der Waals surface area contributed by atoms with E-state index in [1.807, 2.05) is 39.8 Å². The van der Waals surface area contributed by atoms with Gasteiger partial charge in [-0.2, -0.15) is 10.1 Å². The van der Waals surface area contributed by atoms with Crippen LogP contribution in [0.5, 0.6) is 0 Å². The molecule has 10 nitrogen and oxygen atoms in total. The van der Waals surface area contributed by atoms with E-state index in [-0.39, 0.29) is 23.9 Å². The maximum Gasteiger partial charge on any atom is 0.273 e. The predicted octanol–water partition coefficient (Wildman–Crippen LogP) is 2.64. The normalized spacial score (nSPS) is 21.1. The summed E-state index contributed by atoms with van der Waals surface area (Å²) in [5.41, 5.74) is 2.10. The van der Waals surface area contributed by atoms with Crippen molar-refractivity contribution < 1.29 is 19.1 Å². The number of nitrogens with one attached hydrogen (secondary N) is 2. The average Bonchev–Trinajstić information content (AvgIpc) is 3.54. The van der Waals surface area contributed by atoms with Crippen LogP contribution in [0.2, 0.25) is 0 Å². The summed E-state index contributed by atoms with van der Waals surface area (Å²) in [5, 5.41) is 11.1. The second-order valence-electron chi connectivity index (χ2n) is 10.3. The number of anilines is 1. The van der Waals surface area contributed by atoms with Gasteiger partial charge in [0.2, 0.25) is 0 Å². The Morgan fingerprint density at radius 3 is 2.47 bits per heavy atom. The Bertz CT molecular complexity index is 1260. The number of thiazole rings is 1. The fourth-order valence-corrected chi connectivity index (χ4v) is 5.46. The third-order valence-corrected chi connectivity index (χ3v) is 7.46. The van der Waals surface area contributed by atoms with Crippen molar-refractivity contribution >= 4 is 38.6 Å². The van der Waals surface area contributed by atoms with Crippen molar-refractivity contribution in [3.8, 4) is 0 Å². The van der Waals surface area contributed by atoms with Crippen LogP contribution < -0.4 is 10.6 Å². The summed E-state index contributed by atoms with van der Waals surface area (Å²) in [5.74, 6) is -0.513. The van der Waals surface area contributed by atoms with Gasteiger partial charge in [0.25, 0.3) is 11.8 Å². The smallest absolute Gasteiger partial charge is 0.273 e. The summed E-state index contributed by atoms with van der Waals surface area (Å²) in [6.45, 7) is 12.0. The fourth-order valence-electron chi connectivity index (χ4n) is 4.53. The van der Waals surface area contributed by atoms with Crippen LogP contribution >= 0.6 is 11.3 Å². The SMILES string of the molecule is Cc1ccc(C(=O)Nc2nc3c(s2)c(C(=O)N[C@@H]2COC[C@H]2N2CCOCC2)nn3C(C)(C)C)cc1. The predicted molar refractivity (Wildman–Crippen MR) is 138 cm³/mol. The summed E-state index contributed by atoms with van der Waals surface area (Å²) >= 11 is 1.26. The van der Waals surface area contributed by atoms with Crippen LogP contribution in [0.1, 0.15) is 47.2 Å². The molecular formula is C25H32N6O4S. The number of aryl methyl sites for hydroxylation is 1. The number of nitrogens with zero attached hydrogens (tertiary/aromatic N) is 4. The van der Waals surface area contributed by atoms with Crippen LogP contribution in [0, 0.1) is 6.92 Å². The molecule has 2 aromatic heterocycles. The van der Waals surface area contributed by atoms with E-state index in [0.29, 0.717) is 53.2 Å². The van der Waals surface area contributed by atoms with Crippen molar-refractivity contribution in [2.75, 3.05) is 44.8 Å². The number of amides is 2. The van der Waals surface area contributed by atoms with Gasteiger partial charge in [0.15, 0.2) is 16.5 Å². The van der Waals surface area contributed by atoms with Gasteiger partial charge in [-0.1, -0.05) is 29.0 Å². The monoisotopic (exact) mass is 512 g/mol. The van der Waals surface area contributed by atoms with Crippen LogP contribution in [-0.4, -0.2) is 83.1 Å². The zero-order valence-corrected chi connectivity index (χ0v) is 21.9. The largest absolute Gasteiger partial charge is 0.379 e. The highest BCUT2D eigenvalue weighted by atomic mass is 32.1. The van der Waals surface area contributed by atoms with E-state index in [1.165, 1.54) is 11.3 Å². The number of rotatable bonds is 5. The Kier molecular flexibility index (Phi) is 6.82. The zero-order chi connectivity index (χ0) is 25.4. The molecule has 2 atom stereocenters. The molecule has 2 aliphatic heterocycles. The van der Waals surface area contributed by atoms with E-state index in [2.05, 4.69) is 25.6 Å². The molecule has 0 saturated carbocycles. The summed E-state index contributed by atoms with van der Waals surface area (Å²) in [7, 11) is 0. The first kappa shape index (κ1) is 24.8. The van der Waals surface area contributed by atoms with Crippen molar-refractivity contribution in [3.63, 3.8) is 0 Å². The minimum absolute atomic E-state index is 0.101. The number of carbonyl (C=O) groups excluding carboxylic acids is 2. The van der Waals surface area contributed by atoms with Crippen LogP contribution in [0.4, 0.5) is 5.13 Å². The van der Waals surface area contributed by atoms with E-state index >= 15 is 0 Å². The van der Waals surface area contributed by atoms with Crippen molar-refractivity contribution in [3.05, 3.63) is 41.1 Å². The number of fused-ring (bicyclic) bond motifs is 1. The maximum atomic E-state index is 13.5. The highest BCUT2D eigenvalue weighted by Crippen LogP contribution is 2.32. The second-order valence-corrected chi connectivity index (χ2v) is 11.3. The van der Waals surface area contributed by atoms with Crippen LogP contribution in [-0.2, 0) is 15.0 Å². The first-order valence-corrected chi connectivity index (χ1v) is 13.0. The van der Waals surface area contributed by atoms with Crippen molar-refractivity contribution in [1.29, 1.82) is 0 Å². The first-order chi connectivity index (χ1) is 17.2. The molecule has 192 valence electrons. The van der Waals surface area contributed by atoms with Gasteiger partial charge in [-0.05, 0) is 39.8 Å². The van der Waals surface area contributed by atoms with E-state index in [9.17, 15) is 9.59 Å². The van der Waals surface area contributed by atoms with Gasteiger partial charge in [0.05, 0.1) is 44.1 Å². The van der Waals surface area contributed by atoms with Gasteiger partial charge in [-0.3, -0.25) is 19.8 Å². The minimum atomic E-state index is -0.407. The molecule has 2 amide bonds. The molecule has 0 radical (unpaired) electrons. The molecule has 2 aliphatic rings. The highest BCUT2D eigenvalue weighted by Gasteiger charge is 2.36. The number of morpholine rings is 1. The third-order valence-electron chi connectivity index (χ3n) is 6.49. The summed E-state index contributed by atoms with van der Waals surface area (Å²) in [4.78, 5) is 33.2. The molecule has 0 bridgehead atoms. The molecular weight excluding hydrogens is 480 g/mol. The number of ether oxygens (including phenoxy) is 2. The Morgan fingerprint density at radius 2 is 1.78 bits per heavy atom. The van der Waals surface area contributed by atoms with E-state index in [4.69, 9.17) is 9.47 Å². The maximum absolute atomic E-state index is 13.5. The molecule has 2 N–H and O–H groups in total. The zero-order valence-electron chi connectivity index (χ0n) is 21.0. The standard InChI is InChI=1S/C25H32N6O4S/c1-15-5-7-16(8-6-15)22(32)28-24-27-21-20(36-24)19(29-31(21)25(2,3)4)23(33)26-17-13-35-14-18(17)30-9-11-34-12-10-30/h5-8,17-18H,9-14H2,1-4H3,(H,26,33)(H,27,28,32)/t17-,18-/m1/s1. The van der Waals surface area contributed by atoms with Gasteiger partial charge >= 0.3 is 0 Å². The molecule has 4 heterocycles. The fraction of sp³-hybridized carbons (Fsp3) is 0.520. The summed E-state index contributed by atoms with van der Waals surface area (Å²) < 4.78 is 13.6. The highest BCUT2D eigenvalue weighted by molar-refractivity contribution is 7.22. The quantitative estimate of drug-likeness (QED) is 0.541. The lowest BCUT2D eigenvalue weighted by Gasteiger charge is -2.34. The Hall–Kier alpha value is -2.86. The molecule has 36 heavy (non-hydrogen) atoms. The topological polar surface area (TPSA) is 111 Å². The summed E-state index contributed by atoms with van der Waals surface area (Å²) in [6.07, 6.45) is 0. The number of hydrogen-bond donors (Lipinski definition) is 2. The number of hydrogen-bond acceptors (Lipinski definition) is 8. The lowest BCUT2D eigenvalue weighted by atomic mass is 10.1. The third kappa shape index (κ3) is 5.01. The molecule has 5 rings (SSSR count). The van der Waals surface area contributed by atoms with E-state index < -0.39 is 5.54 Å². The van der Waals surface area contributed by atoms with Crippen molar-refractivity contribution in [2.24, 2.45) is 0 Å².